The summed E-state index contributed by atoms with van der Waals surface area (Å²) in [5.74, 6) is 0.255. The highest BCUT2D eigenvalue weighted by Gasteiger charge is 2.13. The number of rotatable bonds is 8. The second kappa shape index (κ2) is 8.82. The molecule has 3 rings (SSSR count). The number of Topliss-reactive ketones (excluding diaryl/α,β-unsaturated/α-hetero) is 1. The molecule has 0 aliphatic rings. The van der Waals surface area contributed by atoms with Gasteiger partial charge < -0.3 is 0 Å². The van der Waals surface area contributed by atoms with E-state index in [2.05, 4.69) is 18.5 Å². The number of carbonyl (C=O) groups excluding carboxylic acids is 1. The Balaban J connectivity index is 1.83. The Labute approximate surface area is 162 Å². The van der Waals surface area contributed by atoms with E-state index in [1.165, 1.54) is 17.3 Å². The zero-order valence-corrected chi connectivity index (χ0v) is 16.2. The number of hydrogen-bond donors (Lipinski definition) is 0. The van der Waals surface area contributed by atoms with Crippen molar-refractivity contribution < 1.29 is 4.79 Å². The van der Waals surface area contributed by atoms with Crippen LogP contribution in [0.4, 0.5) is 0 Å². The van der Waals surface area contributed by atoms with E-state index in [4.69, 9.17) is 0 Å². The van der Waals surface area contributed by atoms with E-state index in [-0.39, 0.29) is 17.1 Å². The highest BCUT2D eigenvalue weighted by atomic mass is 32.2. The summed E-state index contributed by atoms with van der Waals surface area (Å²) in [5.41, 5.74) is 2.44. The van der Waals surface area contributed by atoms with Crippen molar-refractivity contribution in [3.63, 3.8) is 0 Å². The number of allylic oxidation sites excluding steroid dienone is 1. The Morgan fingerprint density at radius 3 is 2.63 bits per heavy atom. The molecule has 0 fully saturated rings. The fraction of sp³-hybridized carbons (Fsp3) is 0.227. The van der Waals surface area contributed by atoms with Gasteiger partial charge in [0.05, 0.1) is 16.7 Å². The first kappa shape index (κ1) is 19.1. The summed E-state index contributed by atoms with van der Waals surface area (Å²) in [6.45, 7) is 6.21. The normalized spacial score (nSPS) is 10.9. The van der Waals surface area contributed by atoms with Crippen molar-refractivity contribution in [3.05, 3.63) is 82.7 Å². The van der Waals surface area contributed by atoms with Crippen molar-refractivity contribution in [1.82, 2.24) is 9.55 Å². The largest absolute Gasteiger partial charge is 0.293 e. The first-order chi connectivity index (χ1) is 13.1. The fourth-order valence-electron chi connectivity index (χ4n) is 2.91. The molecular weight excluding hydrogens is 356 g/mol. The summed E-state index contributed by atoms with van der Waals surface area (Å²) in [5, 5.41) is 1.11. The predicted octanol–water partition coefficient (Wildman–Crippen LogP) is 4.51. The molecule has 4 nitrogen and oxygen atoms in total. The second-order valence-electron chi connectivity index (χ2n) is 6.27. The quantitative estimate of drug-likeness (QED) is 0.250. The van der Waals surface area contributed by atoms with Crippen LogP contribution in [0.5, 0.6) is 0 Å². The lowest BCUT2D eigenvalue weighted by molar-refractivity contribution is 0.102. The van der Waals surface area contributed by atoms with Gasteiger partial charge in [-0.25, -0.2) is 4.98 Å². The van der Waals surface area contributed by atoms with E-state index in [1.54, 1.807) is 16.7 Å². The monoisotopic (exact) mass is 378 g/mol. The smallest absolute Gasteiger partial charge is 0.262 e. The minimum Gasteiger partial charge on any atom is -0.293 e. The van der Waals surface area contributed by atoms with Gasteiger partial charge in [-0.2, -0.15) is 0 Å². The van der Waals surface area contributed by atoms with E-state index in [0.717, 1.165) is 12.8 Å². The summed E-state index contributed by atoms with van der Waals surface area (Å²) >= 11 is 1.29. The van der Waals surface area contributed by atoms with Crippen LogP contribution in [0.3, 0.4) is 0 Å². The Morgan fingerprint density at radius 2 is 1.93 bits per heavy atom. The number of para-hydroxylation sites is 1. The third-order valence-electron chi connectivity index (χ3n) is 4.29. The molecule has 0 spiro atoms. The van der Waals surface area contributed by atoms with Gasteiger partial charge in [-0.1, -0.05) is 67.6 Å². The molecule has 5 heteroatoms. The Morgan fingerprint density at radius 1 is 1.19 bits per heavy atom. The molecule has 0 aliphatic heterocycles. The molecule has 0 saturated heterocycles. The molecule has 138 valence electrons. The summed E-state index contributed by atoms with van der Waals surface area (Å²) in [6.07, 6.45) is 3.76. The number of benzene rings is 2. The molecule has 27 heavy (non-hydrogen) atoms. The number of aromatic nitrogens is 2. The third-order valence-corrected chi connectivity index (χ3v) is 5.26. The van der Waals surface area contributed by atoms with E-state index in [9.17, 15) is 9.59 Å². The summed E-state index contributed by atoms with van der Waals surface area (Å²) in [6, 6.07) is 15.0. The van der Waals surface area contributed by atoms with Gasteiger partial charge in [0.25, 0.3) is 5.56 Å². The average Bonchev–Trinajstić information content (AvgIpc) is 2.69. The van der Waals surface area contributed by atoms with Crippen LogP contribution in [0, 0.1) is 0 Å². The molecule has 0 bridgehead atoms. The van der Waals surface area contributed by atoms with E-state index in [0.29, 0.717) is 28.2 Å². The molecular formula is C22H22N2O2S. The Kier molecular flexibility index (Phi) is 6.24. The number of nitrogens with zero attached hydrogens (tertiary/aromatic N) is 2. The van der Waals surface area contributed by atoms with Crippen molar-refractivity contribution in [2.45, 2.75) is 31.5 Å². The van der Waals surface area contributed by atoms with Crippen molar-refractivity contribution >= 4 is 28.4 Å². The van der Waals surface area contributed by atoms with Crippen LogP contribution in [0.25, 0.3) is 10.9 Å². The van der Waals surface area contributed by atoms with Crippen molar-refractivity contribution in [1.29, 1.82) is 0 Å². The fourth-order valence-corrected chi connectivity index (χ4v) is 3.81. The predicted molar refractivity (Wildman–Crippen MR) is 112 cm³/mol. The van der Waals surface area contributed by atoms with Gasteiger partial charge in [-0.3, -0.25) is 14.2 Å². The molecule has 1 aromatic heterocycles. The molecule has 0 saturated carbocycles. The van der Waals surface area contributed by atoms with Crippen molar-refractivity contribution in [3.8, 4) is 0 Å². The summed E-state index contributed by atoms with van der Waals surface area (Å²) in [4.78, 5) is 29.9. The van der Waals surface area contributed by atoms with Crippen LogP contribution >= 0.6 is 11.8 Å². The molecule has 2 aromatic carbocycles. The molecule has 0 N–H and O–H groups in total. The average molecular weight is 378 g/mol. The zero-order chi connectivity index (χ0) is 19.2. The maximum absolute atomic E-state index is 12.7. The first-order valence-corrected chi connectivity index (χ1v) is 9.98. The number of ketones is 1. The van der Waals surface area contributed by atoms with Gasteiger partial charge in [0.15, 0.2) is 10.9 Å². The van der Waals surface area contributed by atoms with Crippen LogP contribution in [0.15, 0.2) is 71.1 Å². The number of carbonyl (C=O) groups is 1. The lowest BCUT2D eigenvalue weighted by atomic mass is 10.1. The maximum atomic E-state index is 12.7. The van der Waals surface area contributed by atoms with Crippen LogP contribution in [0.1, 0.15) is 29.3 Å². The van der Waals surface area contributed by atoms with Crippen molar-refractivity contribution in [2.24, 2.45) is 0 Å². The number of aryl methyl sites for hydroxylation is 1. The van der Waals surface area contributed by atoms with Gasteiger partial charge in [0, 0.05) is 12.1 Å². The topological polar surface area (TPSA) is 52.0 Å². The summed E-state index contributed by atoms with van der Waals surface area (Å²) < 4.78 is 1.57. The van der Waals surface area contributed by atoms with Crippen molar-refractivity contribution in [2.75, 3.05) is 5.75 Å². The number of thioether (sulfide) groups is 1. The second-order valence-corrected chi connectivity index (χ2v) is 7.22. The van der Waals surface area contributed by atoms with Crippen LogP contribution in [-0.4, -0.2) is 21.1 Å². The SMILES string of the molecule is C=CCn1c(SCC(=O)c2ccc(CCC)cc2)nc2ccccc2c1=O. The van der Waals surface area contributed by atoms with Gasteiger partial charge in [0.2, 0.25) is 0 Å². The number of hydrogen-bond acceptors (Lipinski definition) is 4. The van der Waals surface area contributed by atoms with Gasteiger partial charge in [-0.15, -0.1) is 6.58 Å². The number of fused-ring (bicyclic) bond motifs is 1. The van der Waals surface area contributed by atoms with Crippen LogP contribution < -0.4 is 5.56 Å². The minimum atomic E-state index is -0.112. The highest BCUT2D eigenvalue weighted by molar-refractivity contribution is 7.99. The van der Waals surface area contributed by atoms with Crippen LogP contribution in [0.2, 0.25) is 0 Å². The van der Waals surface area contributed by atoms with E-state index < -0.39 is 0 Å². The van der Waals surface area contributed by atoms with E-state index in [1.807, 2.05) is 42.5 Å². The molecule has 1 heterocycles. The first-order valence-electron chi connectivity index (χ1n) is 8.99. The molecule has 0 aliphatic carbocycles. The minimum absolute atomic E-state index is 0.0237. The standard InChI is InChI=1S/C22H22N2O2S/c1-3-7-16-10-12-17(13-11-16)20(25)15-27-22-23-19-9-6-5-8-18(19)21(26)24(22)14-4-2/h4-6,8-13H,2-3,7,14-15H2,1H3. The summed E-state index contributed by atoms with van der Waals surface area (Å²) in [7, 11) is 0. The molecule has 3 aromatic rings. The lowest BCUT2D eigenvalue weighted by Crippen LogP contribution is -2.23. The Bertz CT molecular complexity index is 1020. The van der Waals surface area contributed by atoms with Gasteiger partial charge in [0.1, 0.15) is 0 Å². The molecule has 0 atom stereocenters. The molecule has 0 amide bonds. The van der Waals surface area contributed by atoms with Crippen LogP contribution in [-0.2, 0) is 13.0 Å². The van der Waals surface area contributed by atoms with E-state index >= 15 is 0 Å². The van der Waals surface area contributed by atoms with Gasteiger partial charge >= 0.3 is 0 Å². The third kappa shape index (κ3) is 4.37. The maximum Gasteiger partial charge on any atom is 0.262 e. The zero-order valence-electron chi connectivity index (χ0n) is 15.4. The molecule has 0 unspecified atom stereocenters. The lowest BCUT2D eigenvalue weighted by Gasteiger charge is -2.11. The highest BCUT2D eigenvalue weighted by Crippen LogP contribution is 2.19. The van der Waals surface area contributed by atoms with Gasteiger partial charge in [-0.05, 0) is 24.1 Å². The molecule has 0 radical (unpaired) electrons. The Hall–Kier alpha value is -2.66.